The highest BCUT2D eigenvalue weighted by molar-refractivity contribution is 6.33. The van der Waals surface area contributed by atoms with Gasteiger partial charge in [-0.05, 0) is 76.2 Å². The number of halogens is 1. The topological polar surface area (TPSA) is 109 Å². The molecule has 5 rings (SSSR count). The summed E-state index contributed by atoms with van der Waals surface area (Å²) in [5, 5.41) is 6.83. The van der Waals surface area contributed by atoms with E-state index in [0.717, 1.165) is 41.8 Å². The Morgan fingerprint density at radius 2 is 2.00 bits per heavy atom. The Morgan fingerprint density at radius 1 is 1.21 bits per heavy atom. The second kappa shape index (κ2) is 13.7. The molecule has 2 amide bonds. The highest BCUT2D eigenvalue weighted by atomic mass is 35.5. The Labute approximate surface area is 257 Å². The summed E-state index contributed by atoms with van der Waals surface area (Å²) in [6.45, 7) is 4.03. The van der Waals surface area contributed by atoms with Crippen LogP contribution in [0.15, 0.2) is 48.7 Å². The lowest BCUT2D eigenvalue weighted by atomic mass is 9.98. The smallest absolute Gasteiger partial charge is 0.255 e. The lowest BCUT2D eigenvalue weighted by Gasteiger charge is -2.27. The van der Waals surface area contributed by atoms with Gasteiger partial charge in [-0.1, -0.05) is 35.9 Å². The molecule has 1 aromatic heterocycles. The molecule has 2 N–H and O–H groups in total. The van der Waals surface area contributed by atoms with E-state index in [1.165, 1.54) is 0 Å². The van der Waals surface area contributed by atoms with Crippen LogP contribution in [0.3, 0.4) is 0 Å². The molecule has 0 aliphatic carbocycles. The number of methoxy groups -OCH3 is 1. The first-order valence-electron chi connectivity index (χ1n) is 14.6. The molecular weight excluding hydrogens is 568 g/mol. The first-order valence-corrected chi connectivity index (χ1v) is 15.0. The molecule has 1 saturated heterocycles. The second-order valence-corrected chi connectivity index (χ2v) is 11.7. The van der Waals surface area contributed by atoms with E-state index >= 15 is 0 Å². The van der Waals surface area contributed by atoms with Crippen LogP contribution in [0, 0.1) is 0 Å². The Hall–Kier alpha value is -3.73. The third-order valence-electron chi connectivity index (χ3n) is 7.99. The van der Waals surface area contributed by atoms with Gasteiger partial charge in [-0.2, -0.15) is 0 Å². The lowest BCUT2D eigenvalue weighted by molar-refractivity contribution is -0.122. The highest BCUT2D eigenvalue weighted by Gasteiger charge is 2.38. The van der Waals surface area contributed by atoms with Crippen LogP contribution in [0.25, 0.3) is 11.3 Å². The molecule has 10 nitrogen and oxygen atoms in total. The van der Waals surface area contributed by atoms with Crippen LogP contribution in [0.1, 0.15) is 59.8 Å². The zero-order valence-corrected chi connectivity index (χ0v) is 25.9. The number of rotatable bonds is 11. The minimum absolute atomic E-state index is 0.0529. The fraction of sp³-hybridized carbons (Fsp3) is 0.438. The van der Waals surface area contributed by atoms with Gasteiger partial charge in [0.15, 0.2) is 0 Å². The maximum absolute atomic E-state index is 13.9. The van der Waals surface area contributed by atoms with Gasteiger partial charge in [0.2, 0.25) is 11.9 Å². The first-order chi connectivity index (χ1) is 20.7. The van der Waals surface area contributed by atoms with Crippen LogP contribution < -0.4 is 15.4 Å². The van der Waals surface area contributed by atoms with Crippen molar-refractivity contribution in [2.24, 2.45) is 0 Å². The van der Waals surface area contributed by atoms with E-state index in [4.69, 9.17) is 26.1 Å². The number of ether oxygens (including phenoxy) is 2. The predicted molar refractivity (Wildman–Crippen MR) is 166 cm³/mol. The molecule has 2 atom stereocenters. The molecule has 0 radical (unpaired) electrons. The minimum atomic E-state index is -0.252. The van der Waals surface area contributed by atoms with E-state index in [0.29, 0.717) is 41.9 Å². The van der Waals surface area contributed by atoms with Gasteiger partial charge in [-0.3, -0.25) is 9.59 Å². The maximum Gasteiger partial charge on any atom is 0.255 e. The molecule has 2 aliphatic heterocycles. The molecule has 228 valence electrons. The zero-order valence-electron chi connectivity index (χ0n) is 25.1. The fourth-order valence-corrected chi connectivity index (χ4v) is 5.82. The van der Waals surface area contributed by atoms with Gasteiger partial charge in [0.05, 0.1) is 36.1 Å². The van der Waals surface area contributed by atoms with E-state index in [2.05, 4.69) is 20.5 Å². The molecule has 43 heavy (non-hydrogen) atoms. The molecule has 3 heterocycles. The quantitative estimate of drug-likeness (QED) is 0.323. The summed E-state index contributed by atoms with van der Waals surface area (Å²) in [4.78, 5) is 39.9. The number of carbonyl (C=O) groups is 2. The van der Waals surface area contributed by atoms with Crippen molar-refractivity contribution in [3.8, 4) is 17.0 Å². The standard InChI is InChI=1S/C32H39ClN6O4/c1-20(21-6-5-7-24(16-21)42-4)35-29(40)19-39-28(10-13-38(2)3)25-9-8-22(17-26(25)31(39)41)30-27(33)18-34-32(37-30)36-23-11-14-43-15-12-23/h5-9,16-18,20,23,28H,10-15,19H2,1-4H3,(H,35,40)(H,34,36,37)/t20-,28+/m1/s1. The van der Waals surface area contributed by atoms with Gasteiger partial charge < -0.3 is 29.9 Å². The van der Waals surface area contributed by atoms with Gasteiger partial charge >= 0.3 is 0 Å². The van der Waals surface area contributed by atoms with E-state index in [1.807, 2.05) is 63.5 Å². The Morgan fingerprint density at radius 3 is 2.74 bits per heavy atom. The largest absolute Gasteiger partial charge is 0.497 e. The van der Waals surface area contributed by atoms with Crippen molar-refractivity contribution in [1.29, 1.82) is 0 Å². The van der Waals surface area contributed by atoms with Crippen molar-refractivity contribution in [3.05, 3.63) is 70.4 Å². The average Bonchev–Trinajstić information content (AvgIpc) is 3.26. The SMILES string of the molecule is COc1cccc([C@@H](C)NC(=O)CN2C(=O)c3cc(-c4nc(NC5CCOCC5)ncc4Cl)ccc3[C@@H]2CCN(C)C)c1. The molecule has 2 aromatic carbocycles. The number of hydrogen-bond donors (Lipinski definition) is 2. The molecule has 11 heteroatoms. The predicted octanol–water partition coefficient (Wildman–Crippen LogP) is 4.72. The van der Waals surface area contributed by atoms with Gasteiger partial charge in [0.1, 0.15) is 12.3 Å². The number of hydrogen-bond acceptors (Lipinski definition) is 8. The molecule has 0 unspecified atom stereocenters. The number of benzene rings is 2. The van der Waals surface area contributed by atoms with Gasteiger partial charge in [-0.15, -0.1) is 0 Å². The summed E-state index contributed by atoms with van der Waals surface area (Å²) >= 11 is 6.56. The van der Waals surface area contributed by atoms with Crippen LogP contribution in [-0.2, 0) is 9.53 Å². The number of amides is 2. The first kappa shape index (κ1) is 30.7. The van der Waals surface area contributed by atoms with Crippen molar-refractivity contribution < 1.29 is 19.1 Å². The van der Waals surface area contributed by atoms with E-state index in [-0.39, 0.29) is 36.5 Å². The van der Waals surface area contributed by atoms with Crippen molar-refractivity contribution >= 4 is 29.4 Å². The minimum Gasteiger partial charge on any atom is -0.497 e. The summed E-state index contributed by atoms with van der Waals surface area (Å²) in [5.74, 6) is 0.800. The van der Waals surface area contributed by atoms with Crippen molar-refractivity contribution in [3.63, 3.8) is 0 Å². The number of anilines is 1. The van der Waals surface area contributed by atoms with Crippen molar-refractivity contribution in [2.45, 2.75) is 44.3 Å². The van der Waals surface area contributed by atoms with Gasteiger partial charge in [0.25, 0.3) is 5.91 Å². The van der Waals surface area contributed by atoms with E-state index < -0.39 is 0 Å². The van der Waals surface area contributed by atoms with Crippen LogP contribution in [0.5, 0.6) is 5.75 Å². The molecule has 0 spiro atoms. The van der Waals surface area contributed by atoms with Crippen LogP contribution in [0.4, 0.5) is 5.95 Å². The molecule has 3 aromatic rings. The summed E-state index contributed by atoms with van der Waals surface area (Å²) < 4.78 is 10.8. The Bertz CT molecular complexity index is 1460. The van der Waals surface area contributed by atoms with Crippen LogP contribution in [-0.4, -0.2) is 85.1 Å². The third-order valence-corrected chi connectivity index (χ3v) is 8.26. The molecule has 2 aliphatic rings. The Balaban J connectivity index is 1.36. The maximum atomic E-state index is 13.9. The number of aromatic nitrogens is 2. The normalized spacial score (nSPS) is 17.6. The summed E-state index contributed by atoms with van der Waals surface area (Å²) in [7, 11) is 5.60. The lowest BCUT2D eigenvalue weighted by Crippen LogP contribution is -2.40. The highest BCUT2D eigenvalue weighted by Crippen LogP contribution is 2.39. The number of nitrogens with one attached hydrogen (secondary N) is 2. The van der Waals surface area contributed by atoms with Crippen molar-refractivity contribution in [1.82, 2.24) is 25.1 Å². The number of fused-ring (bicyclic) bond motifs is 1. The van der Waals surface area contributed by atoms with Crippen molar-refractivity contribution in [2.75, 3.05) is 52.8 Å². The fourth-order valence-electron chi connectivity index (χ4n) is 5.62. The molecule has 0 bridgehead atoms. The van der Waals surface area contributed by atoms with Crippen LogP contribution in [0.2, 0.25) is 5.02 Å². The zero-order chi connectivity index (χ0) is 30.5. The second-order valence-electron chi connectivity index (χ2n) is 11.3. The van der Waals surface area contributed by atoms with Gasteiger partial charge in [-0.25, -0.2) is 9.97 Å². The van der Waals surface area contributed by atoms with Crippen LogP contribution >= 0.6 is 11.6 Å². The summed E-state index contributed by atoms with van der Waals surface area (Å²) in [6.07, 6.45) is 4.04. The van der Waals surface area contributed by atoms with E-state index in [9.17, 15) is 9.59 Å². The third kappa shape index (κ3) is 7.26. The number of nitrogens with zero attached hydrogens (tertiary/aromatic N) is 4. The molecule has 1 fully saturated rings. The molecule has 0 saturated carbocycles. The molecular formula is C32H39ClN6O4. The average molecular weight is 607 g/mol. The van der Waals surface area contributed by atoms with Gasteiger partial charge in [0, 0.05) is 30.4 Å². The number of carbonyl (C=O) groups excluding carboxylic acids is 2. The summed E-state index contributed by atoms with van der Waals surface area (Å²) in [5.41, 5.74) is 3.65. The Kier molecular flexibility index (Phi) is 9.79. The van der Waals surface area contributed by atoms with E-state index in [1.54, 1.807) is 18.2 Å². The summed E-state index contributed by atoms with van der Waals surface area (Å²) in [6, 6.07) is 13.1. The monoisotopic (exact) mass is 606 g/mol.